The normalized spacial score (nSPS) is 9.95. The molecular formula is C12H8IN3O3. The number of non-ortho nitro benzene ring substituents is 1. The fourth-order valence-electron chi connectivity index (χ4n) is 1.44. The van der Waals surface area contributed by atoms with E-state index in [0.29, 0.717) is 9.26 Å². The van der Waals surface area contributed by atoms with Crippen molar-refractivity contribution in [3.8, 4) is 0 Å². The summed E-state index contributed by atoms with van der Waals surface area (Å²) in [6, 6.07) is 7.54. The summed E-state index contributed by atoms with van der Waals surface area (Å²) in [5.74, 6) is -0.402. The second-order valence-corrected chi connectivity index (χ2v) is 4.78. The number of carbonyl (C=O) groups is 1. The standard InChI is InChI=1S/C12H8IN3O3/c13-11-4-3-9(16(18)19)6-10(11)12(17)15-8-2-1-5-14-7-8/h1-7H,(H,15,17). The zero-order chi connectivity index (χ0) is 13.8. The first-order chi connectivity index (χ1) is 9.08. The van der Waals surface area contributed by atoms with Gasteiger partial charge < -0.3 is 5.32 Å². The van der Waals surface area contributed by atoms with Crippen LogP contribution in [0.25, 0.3) is 0 Å². The lowest BCUT2D eigenvalue weighted by Crippen LogP contribution is -2.13. The predicted molar refractivity (Wildman–Crippen MR) is 78.0 cm³/mol. The molecule has 6 nitrogen and oxygen atoms in total. The van der Waals surface area contributed by atoms with E-state index in [-0.39, 0.29) is 11.3 Å². The molecule has 1 heterocycles. The molecule has 0 spiro atoms. The van der Waals surface area contributed by atoms with Crippen molar-refractivity contribution in [2.75, 3.05) is 5.32 Å². The maximum absolute atomic E-state index is 12.0. The highest BCUT2D eigenvalue weighted by atomic mass is 127. The largest absolute Gasteiger partial charge is 0.321 e. The molecule has 1 amide bonds. The van der Waals surface area contributed by atoms with Gasteiger partial charge in [0.25, 0.3) is 11.6 Å². The lowest BCUT2D eigenvalue weighted by molar-refractivity contribution is -0.384. The number of rotatable bonds is 3. The van der Waals surface area contributed by atoms with Gasteiger partial charge in [0.2, 0.25) is 0 Å². The average Bonchev–Trinajstić information content (AvgIpc) is 2.40. The van der Waals surface area contributed by atoms with Gasteiger partial charge in [0.15, 0.2) is 0 Å². The molecule has 0 saturated carbocycles. The topological polar surface area (TPSA) is 85.1 Å². The molecule has 2 aromatic rings. The number of hydrogen-bond acceptors (Lipinski definition) is 4. The van der Waals surface area contributed by atoms with Crippen LogP contribution in [0, 0.1) is 13.7 Å². The number of carbonyl (C=O) groups excluding carboxylic acids is 1. The van der Waals surface area contributed by atoms with Crippen LogP contribution in [-0.2, 0) is 0 Å². The number of aromatic nitrogens is 1. The number of pyridine rings is 1. The van der Waals surface area contributed by atoms with Crippen molar-refractivity contribution >= 4 is 39.9 Å². The van der Waals surface area contributed by atoms with Crippen molar-refractivity contribution in [1.82, 2.24) is 4.98 Å². The Morgan fingerprint density at radius 2 is 2.16 bits per heavy atom. The van der Waals surface area contributed by atoms with Gasteiger partial charge in [0, 0.05) is 21.9 Å². The predicted octanol–water partition coefficient (Wildman–Crippen LogP) is 2.85. The Balaban J connectivity index is 2.28. The highest BCUT2D eigenvalue weighted by Crippen LogP contribution is 2.20. The van der Waals surface area contributed by atoms with Crippen molar-refractivity contribution in [3.63, 3.8) is 0 Å². The van der Waals surface area contributed by atoms with E-state index in [1.807, 2.05) is 22.6 Å². The smallest absolute Gasteiger partial charge is 0.270 e. The Bertz CT molecular complexity index is 631. The molecule has 7 heteroatoms. The number of benzene rings is 1. The molecule has 0 fully saturated rings. The van der Waals surface area contributed by atoms with Crippen LogP contribution in [0.3, 0.4) is 0 Å². The summed E-state index contributed by atoms with van der Waals surface area (Å²) >= 11 is 1.96. The van der Waals surface area contributed by atoms with Crippen molar-refractivity contribution in [2.45, 2.75) is 0 Å². The number of nitrogens with zero attached hydrogens (tertiary/aromatic N) is 2. The minimum atomic E-state index is -0.531. The molecule has 19 heavy (non-hydrogen) atoms. The van der Waals surface area contributed by atoms with Gasteiger partial charge in [0.1, 0.15) is 0 Å². The fourth-order valence-corrected chi connectivity index (χ4v) is 2.02. The number of nitro benzene ring substituents is 1. The molecule has 0 saturated heterocycles. The minimum absolute atomic E-state index is 0.114. The highest BCUT2D eigenvalue weighted by molar-refractivity contribution is 14.1. The quantitative estimate of drug-likeness (QED) is 0.512. The van der Waals surface area contributed by atoms with E-state index >= 15 is 0 Å². The van der Waals surface area contributed by atoms with Crippen molar-refractivity contribution in [3.05, 3.63) is 62.0 Å². The molecule has 0 radical (unpaired) electrons. The van der Waals surface area contributed by atoms with Crippen LogP contribution in [0.1, 0.15) is 10.4 Å². The van der Waals surface area contributed by atoms with E-state index in [2.05, 4.69) is 10.3 Å². The number of anilines is 1. The molecule has 0 atom stereocenters. The summed E-state index contributed by atoms with van der Waals surface area (Å²) in [7, 11) is 0. The first-order valence-electron chi connectivity index (χ1n) is 5.23. The second kappa shape index (κ2) is 5.74. The summed E-state index contributed by atoms with van der Waals surface area (Å²) in [6.07, 6.45) is 3.09. The van der Waals surface area contributed by atoms with Gasteiger partial charge in [-0.05, 0) is 40.8 Å². The third kappa shape index (κ3) is 3.25. The molecule has 0 bridgehead atoms. The molecule has 1 aromatic heterocycles. The number of hydrogen-bond donors (Lipinski definition) is 1. The van der Waals surface area contributed by atoms with Crippen molar-refractivity contribution in [1.29, 1.82) is 0 Å². The van der Waals surface area contributed by atoms with E-state index in [4.69, 9.17) is 0 Å². The van der Waals surface area contributed by atoms with Crippen molar-refractivity contribution in [2.24, 2.45) is 0 Å². The van der Waals surface area contributed by atoms with Gasteiger partial charge in [-0.1, -0.05) is 0 Å². The molecule has 1 aromatic carbocycles. The Morgan fingerprint density at radius 3 is 2.79 bits per heavy atom. The zero-order valence-corrected chi connectivity index (χ0v) is 11.7. The number of nitro groups is 1. The van der Waals surface area contributed by atoms with Gasteiger partial charge >= 0.3 is 0 Å². The van der Waals surface area contributed by atoms with E-state index < -0.39 is 10.8 Å². The summed E-state index contributed by atoms with van der Waals surface area (Å²) in [5.41, 5.74) is 0.685. The second-order valence-electron chi connectivity index (χ2n) is 3.62. The SMILES string of the molecule is O=C(Nc1cccnc1)c1cc([N+](=O)[O-])ccc1I. The molecule has 0 aliphatic carbocycles. The monoisotopic (exact) mass is 369 g/mol. The third-order valence-electron chi connectivity index (χ3n) is 2.32. The van der Waals surface area contributed by atoms with Crippen LogP contribution in [0.5, 0.6) is 0 Å². The summed E-state index contributed by atoms with van der Waals surface area (Å²) in [5, 5.41) is 13.3. The van der Waals surface area contributed by atoms with Crippen LogP contribution in [-0.4, -0.2) is 15.8 Å². The Hall–Kier alpha value is -2.03. The maximum atomic E-state index is 12.0. The van der Waals surface area contributed by atoms with E-state index in [0.717, 1.165) is 0 Å². The van der Waals surface area contributed by atoms with Crippen LogP contribution < -0.4 is 5.32 Å². The summed E-state index contributed by atoms with van der Waals surface area (Å²) < 4.78 is 0.643. The van der Waals surface area contributed by atoms with Gasteiger partial charge in [-0.25, -0.2) is 0 Å². The third-order valence-corrected chi connectivity index (χ3v) is 3.27. The van der Waals surface area contributed by atoms with Crippen LogP contribution >= 0.6 is 22.6 Å². The first-order valence-corrected chi connectivity index (χ1v) is 6.31. The van der Waals surface area contributed by atoms with Gasteiger partial charge in [0.05, 0.1) is 22.4 Å². The lowest BCUT2D eigenvalue weighted by atomic mass is 10.2. The van der Waals surface area contributed by atoms with E-state index in [1.165, 1.54) is 24.4 Å². The molecule has 96 valence electrons. The van der Waals surface area contributed by atoms with Crippen LogP contribution in [0.2, 0.25) is 0 Å². The van der Waals surface area contributed by atoms with Gasteiger partial charge in [-0.3, -0.25) is 19.9 Å². The molecule has 0 aliphatic rings. The van der Waals surface area contributed by atoms with Crippen LogP contribution in [0.4, 0.5) is 11.4 Å². The first kappa shape index (κ1) is 13.4. The van der Waals surface area contributed by atoms with E-state index in [9.17, 15) is 14.9 Å². The molecule has 0 unspecified atom stereocenters. The number of nitrogens with one attached hydrogen (secondary N) is 1. The summed E-state index contributed by atoms with van der Waals surface area (Å²) in [4.78, 5) is 26.1. The fraction of sp³-hybridized carbons (Fsp3) is 0. The van der Waals surface area contributed by atoms with E-state index in [1.54, 1.807) is 18.3 Å². The average molecular weight is 369 g/mol. The highest BCUT2D eigenvalue weighted by Gasteiger charge is 2.15. The summed E-state index contributed by atoms with van der Waals surface area (Å²) in [6.45, 7) is 0. The zero-order valence-electron chi connectivity index (χ0n) is 9.54. The Morgan fingerprint density at radius 1 is 1.37 bits per heavy atom. The minimum Gasteiger partial charge on any atom is -0.321 e. The van der Waals surface area contributed by atoms with Crippen molar-refractivity contribution < 1.29 is 9.72 Å². The Labute approximate surface area is 122 Å². The number of halogens is 1. The van der Waals surface area contributed by atoms with Gasteiger partial charge in [-0.2, -0.15) is 0 Å². The maximum Gasteiger partial charge on any atom is 0.270 e. The number of amides is 1. The molecular weight excluding hydrogens is 361 g/mol. The molecule has 1 N–H and O–H groups in total. The van der Waals surface area contributed by atoms with Gasteiger partial charge in [-0.15, -0.1) is 0 Å². The Kier molecular flexibility index (Phi) is 4.05. The van der Waals surface area contributed by atoms with Crippen LogP contribution in [0.15, 0.2) is 42.7 Å². The lowest BCUT2D eigenvalue weighted by Gasteiger charge is -2.06. The molecule has 2 rings (SSSR count). The molecule has 0 aliphatic heterocycles.